The number of aliphatic hydroxyl groups is 1. The van der Waals surface area contributed by atoms with Crippen LogP contribution in [0.5, 0.6) is 0 Å². The van der Waals surface area contributed by atoms with Crippen molar-refractivity contribution in [2.75, 3.05) is 33.4 Å². The largest absolute Gasteiger partial charge is 0.395 e. The Balaban J connectivity index is 2.21. The Morgan fingerprint density at radius 3 is 2.62 bits per heavy atom. The molecule has 1 aliphatic rings. The smallest absolute Gasteiger partial charge is 0.0584 e. The summed E-state index contributed by atoms with van der Waals surface area (Å²) in [5, 5.41) is 8.97. The number of hydrogen-bond donors (Lipinski definition) is 1. The summed E-state index contributed by atoms with van der Waals surface area (Å²) in [6.07, 6.45) is 2.34. The van der Waals surface area contributed by atoms with Crippen LogP contribution in [0.1, 0.15) is 19.8 Å². The molecule has 0 spiro atoms. The second kappa shape index (κ2) is 5.58. The lowest BCUT2D eigenvalue weighted by Gasteiger charge is -2.30. The Bertz CT molecular complexity index is 135. The van der Waals surface area contributed by atoms with Gasteiger partial charge in [0.25, 0.3) is 0 Å². The highest BCUT2D eigenvalue weighted by molar-refractivity contribution is 4.70. The van der Waals surface area contributed by atoms with Crippen molar-refractivity contribution in [2.24, 2.45) is 5.92 Å². The van der Waals surface area contributed by atoms with E-state index in [0.29, 0.717) is 0 Å². The van der Waals surface area contributed by atoms with Crippen molar-refractivity contribution >= 4 is 0 Å². The highest BCUT2D eigenvalue weighted by Crippen LogP contribution is 2.16. The first-order valence-electron chi connectivity index (χ1n) is 5.13. The Morgan fingerprint density at radius 1 is 1.46 bits per heavy atom. The molecular weight excluding hydrogens is 166 g/mol. The summed E-state index contributed by atoms with van der Waals surface area (Å²) in [4.78, 5) is 2.23. The Kier molecular flexibility index (Phi) is 4.70. The van der Waals surface area contributed by atoms with Gasteiger partial charge in [-0.15, -0.1) is 0 Å². The molecule has 0 radical (unpaired) electrons. The van der Waals surface area contributed by atoms with Gasteiger partial charge in [-0.2, -0.15) is 0 Å². The Labute approximate surface area is 80.7 Å². The maximum absolute atomic E-state index is 8.97. The highest BCUT2D eigenvalue weighted by atomic mass is 16.5. The van der Waals surface area contributed by atoms with Gasteiger partial charge >= 0.3 is 0 Å². The van der Waals surface area contributed by atoms with E-state index in [1.165, 1.54) is 12.8 Å². The van der Waals surface area contributed by atoms with Gasteiger partial charge in [-0.3, -0.25) is 0 Å². The minimum Gasteiger partial charge on any atom is -0.395 e. The third-order valence-electron chi connectivity index (χ3n) is 2.90. The molecule has 0 aliphatic carbocycles. The van der Waals surface area contributed by atoms with Crippen LogP contribution in [0.25, 0.3) is 0 Å². The third-order valence-corrected chi connectivity index (χ3v) is 2.90. The number of aliphatic hydroxyl groups excluding tert-OH is 1. The highest BCUT2D eigenvalue weighted by Gasteiger charge is 2.17. The molecule has 3 nitrogen and oxygen atoms in total. The summed E-state index contributed by atoms with van der Waals surface area (Å²) in [6, 6.07) is 0.280. The van der Waals surface area contributed by atoms with Crippen molar-refractivity contribution in [2.45, 2.75) is 25.8 Å². The van der Waals surface area contributed by atoms with Crippen molar-refractivity contribution in [1.29, 1.82) is 0 Å². The van der Waals surface area contributed by atoms with Crippen LogP contribution in [0.15, 0.2) is 0 Å². The molecule has 1 aliphatic heterocycles. The molecule has 0 saturated carbocycles. The molecular formula is C10H21NO2. The van der Waals surface area contributed by atoms with Crippen LogP contribution >= 0.6 is 0 Å². The summed E-state index contributed by atoms with van der Waals surface area (Å²) < 4.78 is 5.30. The molecule has 1 atom stereocenters. The second-order valence-electron chi connectivity index (χ2n) is 4.03. The molecule has 3 heteroatoms. The summed E-state index contributed by atoms with van der Waals surface area (Å²) in [5.74, 6) is 0.757. The number of ether oxygens (including phenoxy) is 1. The van der Waals surface area contributed by atoms with Crippen LogP contribution in [0.4, 0.5) is 0 Å². The third kappa shape index (κ3) is 3.63. The first-order chi connectivity index (χ1) is 6.24. The predicted molar refractivity (Wildman–Crippen MR) is 52.7 cm³/mol. The van der Waals surface area contributed by atoms with Crippen molar-refractivity contribution in [1.82, 2.24) is 4.90 Å². The van der Waals surface area contributed by atoms with Crippen molar-refractivity contribution in [3.8, 4) is 0 Å². The van der Waals surface area contributed by atoms with Gasteiger partial charge in [-0.1, -0.05) is 0 Å². The van der Waals surface area contributed by atoms with Gasteiger partial charge in [-0.25, -0.2) is 0 Å². The van der Waals surface area contributed by atoms with Crippen LogP contribution in [-0.4, -0.2) is 49.5 Å². The Morgan fingerprint density at radius 2 is 2.08 bits per heavy atom. The maximum Gasteiger partial charge on any atom is 0.0584 e. The number of rotatable bonds is 4. The van der Waals surface area contributed by atoms with E-state index >= 15 is 0 Å². The SMILES string of the molecule is CC(CO)N(C)CC1CCOCC1. The van der Waals surface area contributed by atoms with Gasteiger partial charge in [0.1, 0.15) is 0 Å². The average molecular weight is 187 g/mol. The molecule has 1 saturated heterocycles. The molecule has 1 N–H and O–H groups in total. The minimum atomic E-state index is 0.250. The fourth-order valence-corrected chi connectivity index (χ4v) is 1.66. The van der Waals surface area contributed by atoms with Crippen LogP contribution in [0.3, 0.4) is 0 Å². The molecule has 0 aromatic heterocycles. The molecule has 1 unspecified atom stereocenters. The van der Waals surface area contributed by atoms with E-state index in [1.54, 1.807) is 0 Å². The summed E-state index contributed by atoms with van der Waals surface area (Å²) in [6.45, 7) is 5.21. The predicted octanol–water partition coefficient (Wildman–Crippen LogP) is 0.726. The van der Waals surface area contributed by atoms with Gasteiger partial charge in [0, 0.05) is 25.8 Å². The monoisotopic (exact) mass is 187 g/mol. The number of hydrogen-bond acceptors (Lipinski definition) is 3. The lowest BCUT2D eigenvalue weighted by Crippen LogP contribution is -2.37. The van der Waals surface area contributed by atoms with Gasteiger partial charge in [0.05, 0.1) is 6.61 Å². The molecule has 0 aromatic carbocycles. The molecule has 78 valence electrons. The van der Waals surface area contributed by atoms with Crippen LogP contribution < -0.4 is 0 Å². The molecule has 0 aromatic rings. The van der Waals surface area contributed by atoms with Crippen LogP contribution in [-0.2, 0) is 4.74 Å². The van der Waals surface area contributed by atoms with Crippen LogP contribution in [0, 0.1) is 5.92 Å². The lowest BCUT2D eigenvalue weighted by atomic mass is 9.99. The fraction of sp³-hybridized carbons (Fsp3) is 1.00. The Hall–Kier alpha value is -0.120. The van der Waals surface area contributed by atoms with Gasteiger partial charge in [0.2, 0.25) is 0 Å². The molecule has 0 bridgehead atoms. The van der Waals surface area contributed by atoms with E-state index in [-0.39, 0.29) is 12.6 Å². The normalized spacial score (nSPS) is 22.2. The zero-order chi connectivity index (χ0) is 9.68. The minimum absolute atomic E-state index is 0.250. The van der Waals surface area contributed by atoms with E-state index in [1.807, 2.05) is 0 Å². The first kappa shape index (κ1) is 11.0. The van der Waals surface area contributed by atoms with E-state index in [2.05, 4.69) is 18.9 Å². The average Bonchev–Trinajstić information content (AvgIpc) is 2.18. The zero-order valence-electron chi connectivity index (χ0n) is 8.70. The standard InChI is InChI=1S/C10H21NO2/c1-9(8-12)11(2)7-10-3-5-13-6-4-10/h9-10,12H,3-8H2,1-2H3. The summed E-state index contributed by atoms with van der Waals surface area (Å²) in [7, 11) is 2.08. The molecule has 1 fully saturated rings. The second-order valence-corrected chi connectivity index (χ2v) is 4.03. The van der Waals surface area contributed by atoms with Crippen LogP contribution in [0.2, 0.25) is 0 Å². The number of likely N-dealkylation sites (N-methyl/N-ethyl adjacent to an activating group) is 1. The van der Waals surface area contributed by atoms with Crippen molar-refractivity contribution in [3.05, 3.63) is 0 Å². The zero-order valence-corrected chi connectivity index (χ0v) is 8.70. The summed E-state index contributed by atoms with van der Waals surface area (Å²) >= 11 is 0. The van der Waals surface area contributed by atoms with Gasteiger partial charge < -0.3 is 14.7 Å². The van der Waals surface area contributed by atoms with E-state index in [0.717, 1.165) is 25.7 Å². The quantitative estimate of drug-likeness (QED) is 0.704. The molecule has 1 rings (SSSR count). The fourth-order valence-electron chi connectivity index (χ4n) is 1.66. The topological polar surface area (TPSA) is 32.7 Å². The first-order valence-corrected chi connectivity index (χ1v) is 5.13. The maximum atomic E-state index is 8.97. The molecule has 0 amide bonds. The molecule has 1 heterocycles. The van der Waals surface area contributed by atoms with Crippen molar-refractivity contribution in [3.63, 3.8) is 0 Å². The summed E-state index contributed by atoms with van der Waals surface area (Å²) in [5.41, 5.74) is 0. The van der Waals surface area contributed by atoms with E-state index in [4.69, 9.17) is 9.84 Å². The van der Waals surface area contributed by atoms with E-state index < -0.39 is 0 Å². The number of nitrogens with zero attached hydrogens (tertiary/aromatic N) is 1. The van der Waals surface area contributed by atoms with Gasteiger partial charge in [0.15, 0.2) is 0 Å². The van der Waals surface area contributed by atoms with Crippen molar-refractivity contribution < 1.29 is 9.84 Å². The van der Waals surface area contributed by atoms with Gasteiger partial charge in [-0.05, 0) is 32.7 Å². The lowest BCUT2D eigenvalue weighted by molar-refractivity contribution is 0.0465. The van der Waals surface area contributed by atoms with E-state index in [9.17, 15) is 0 Å². The molecule has 13 heavy (non-hydrogen) atoms.